The molecule has 2 aromatic rings. The number of nitrogens with one attached hydrogen (secondary N) is 1. The topological polar surface area (TPSA) is 64.1 Å². The van der Waals surface area contributed by atoms with Crippen LogP contribution in [0.15, 0.2) is 41.3 Å². The SMILES string of the molecule is COCC(=O)Nc1ccc(-c2ccc(S)cc2)nn1. The van der Waals surface area contributed by atoms with Gasteiger partial charge in [0.1, 0.15) is 6.61 Å². The molecule has 1 aromatic heterocycles. The Labute approximate surface area is 116 Å². The number of rotatable bonds is 4. The largest absolute Gasteiger partial charge is 0.375 e. The van der Waals surface area contributed by atoms with Crippen molar-refractivity contribution in [3.63, 3.8) is 0 Å². The highest BCUT2D eigenvalue weighted by Crippen LogP contribution is 2.18. The van der Waals surface area contributed by atoms with Crippen LogP contribution in [0.25, 0.3) is 11.3 Å². The molecule has 1 aromatic carbocycles. The summed E-state index contributed by atoms with van der Waals surface area (Å²) in [7, 11) is 1.46. The summed E-state index contributed by atoms with van der Waals surface area (Å²) in [6, 6.07) is 11.1. The molecule has 0 atom stereocenters. The number of hydrogen-bond donors (Lipinski definition) is 2. The fraction of sp³-hybridized carbons (Fsp3) is 0.154. The predicted molar refractivity (Wildman–Crippen MR) is 75.2 cm³/mol. The molecular weight excluding hydrogens is 262 g/mol. The maximum atomic E-state index is 11.3. The van der Waals surface area contributed by atoms with Gasteiger partial charge in [0, 0.05) is 17.6 Å². The van der Waals surface area contributed by atoms with E-state index in [9.17, 15) is 4.79 Å². The molecule has 0 radical (unpaired) electrons. The zero-order valence-electron chi connectivity index (χ0n) is 10.3. The molecule has 0 aliphatic carbocycles. The molecule has 1 amide bonds. The fourth-order valence-corrected chi connectivity index (χ4v) is 1.64. The number of aromatic nitrogens is 2. The van der Waals surface area contributed by atoms with Gasteiger partial charge in [-0.25, -0.2) is 0 Å². The minimum absolute atomic E-state index is 0.00711. The van der Waals surface area contributed by atoms with Crippen molar-refractivity contribution in [3.05, 3.63) is 36.4 Å². The van der Waals surface area contributed by atoms with E-state index in [-0.39, 0.29) is 12.5 Å². The highest BCUT2D eigenvalue weighted by atomic mass is 32.1. The maximum Gasteiger partial charge on any atom is 0.251 e. The van der Waals surface area contributed by atoms with E-state index in [1.807, 2.05) is 24.3 Å². The normalized spacial score (nSPS) is 10.2. The summed E-state index contributed by atoms with van der Waals surface area (Å²) >= 11 is 4.22. The molecule has 19 heavy (non-hydrogen) atoms. The van der Waals surface area contributed by atoms with Crippen molar-refractivity contribution in [2.45, 2.75) is 4.90 Å². The number of anilines is 1. The van der Waals surface area contributed by atoms with Gasteiger partial charge >= 0.3 is 0 Å². The molecule has 6 heteroatoms. The van der Waals surface area contributed by atoms with E-state index in [0.717, 1.165) is 16.2 Å². The van der Waals surface area contributed by atoms with Gasteiger partial charge in [-0.05, 0) is 24.3 Å². The third-order valence-electron chi connectivity index (χ3n) is 2.37. The van der Waals surface area contributed by atoms with Crippen LogP contribution >= 0.6 is 12.6 Å². The number of amides is 1. The average Bonchev–Trinajstić information content (AvgIpc) is 2.41. The van der Waals surface area contributed by atoms with Crippen LogP contribution in [-0.2, 0) is 9.53 Å². The van der Waals surface area contributed by atoms with Crippen molar-refractivity contribution in [2.75, 3.05) is 19.0 Å². The number of nitrogens with zero attached hydrogens (tertiary/aromatic N) is 2. The van der Waals surface area contributed by atoms with Crippen molar-refractivity contribution in [1.29, 1.82) is 0 Å². The Morgan fingerprint density at radius 3 is 2.53 bits per heavy atom. The van der Waals surface area contributed by atoms with E-state index in [1.54, 1.807) is 12.1 Å². The van der Waals surface area contributed by atoms with Crippen molar-refractivity contribution in [1.82, 2.24) is 10.2 Å². The van der Waals surface area contributed by atoms with Gasteiger partial charge in [0.25, 0.3) is 5.91 Å². The smallest absolute Gasteiger partial charge is 0.251 e. The first-order valence-corrected chi connectivity index (χ1v) is 6.05. The number of carbonyl (C=O) groups excluding carboxylic acids is 1. The average molecular weight is 275 g/mol. The number of methoxy groups -OCH3 is 1. The number of ether oxygens (including phenoxy) is 1. The number of hydrogen-bond acceptors (Lipinski definition) is 5. The molecule has 0 fully saturated rings. The number of carbonyl (C=O) groups is 1. The molecule has 2 rings (SSSR count). The zero-order chi connectivity index (χ0) is 13.7. The Bertz CT molecular complexity index is 555. The van der Waals surface area contributed by atoms with Gasteiger partial charge in [0.2, 0.25) is 0 Å². The Balaban J connectivity index is 2.10. The molecule has 1 N–H and O–H groups in total. The molecule has 0 bridgehead atoms. The van der Waals surface area contributed by atoms with E-state index in [2.05, 4.69) is 28.1 Å². The van der Waals surface area contributed by atoms with Gasteiger partial charge in [-0.15, -0.1) is 22.8 Å². The number of benzene rings is 1. The van der Waals surface area contributed by atoms with Gasteiger partial charge in [0.15, 0.2) is 5.82 Å². The van der Waals surface area contributed by atoms with Gasteiger partial charge in [0.05, 0.1) is 5.69 Å². The summed E-state index contributed by atoms with van der Waals surface area (Å²) in [5.74, 6) is 0.139. The lowest BCUT2D eigenvalue weighted by Gasteiger charge is -2.04. The van der Waals surface area contributed by atoms with Crippen molar-refractivity contribution in [3.8, 4) is 11.3 Å². The standard InChI is InChI=1S/C13H13N3O2S/c1-18-8-13(17)14-12-7-6-11(15-16-12)9-2-4-10(19)5-3-9/h2-7,19H,8H2,1H3,(H,14,16,17). The molecular formula is C13H13N3O2S. The summed E-state index contributed by atoms with van der Waals surface area (Å²) in [5.41, 5.74) is 1.68. The van der Waals surface area contributed by atoms with Crippen LogP contribution in [0.3, 0.4) is 0 Å². The Hall–Kier alpha value is -1.92. The summed E-state index contributed by atoms with van der Waals surface area (Å²) < 4.78 is 4.71. The van der Waals surface area contributed by atoms with Gasteiger partial charge in [-0.3, -0.25) is 4.79 Å². The third-order valence-corrected chi connectivity index (χ3v) is 2.67. The van der Waals surface area contributed by atoms with Crippen molar-refractivity contribution < 1.29 is 9.53 Å². The molecule has 0 saturated carbocycles. The summed E-state index contributed by atoms with van der Waals surface area (Å²) in [6.07, 6.45) is 0. The van der Waals surface area contributed by atoms with Crippen molar-refractivity contribution >= 4 is 24.4 Å². The molecule has 5 nitrogen and oxygen atoms in total. The van der Waals surface area contributed by atoms with E-state index >= 15 is 0 Å². The summed E-state index contributed by atoms with van der Waals surface area (Å²) in [4.78, 5) is 12.2. The second kappa shape index (κ2) is 6.31. The quantitative estimate of drug-likeness (QED) is 0.838. The lowest BCUT2D eigenvalue weighted by molar-refractivity contribution is -0.119. The van der Waals surface area contributed by atoms with Crippen LogP contribution < -0.4 is 5.32 Å². The molecule has 1 heterocycles. The maximum absolute atomic E-state index is 11.3. The van der Waals surface area contributed by atoms with Crippen LogP contribution in [0.1, 0.15) is 0 Å². The lowest BCUT2D eigenvalue weighted by atomic mass is 10.1. The van der Waals surface area contributed by atoms with Crippen LogP contribution in [-0.4, -0.2) is 29.8 Å². The lowest BCUT2D eigenvalue weighted by Crippen LogP contribution is -2.18. The van der Waals surface area contributed by atoms with Gasteiger partial charge < -0.3 is 10.1 Å². The second-order valence-electron chi connectivity index (χ2n) is 3.83. The fourth-order valence-electron chi connectivity index (χ4n) is 1.50. The minimum Gasteiger partial charge on any atom is -0.375 e. The minimum atomic E-state index is -0.260. The van der Waals surface area contributed by atoms with Crippen LogP contribution in [0.4, 0.5) is 5.82 Å². The molecule has 0 spiro atoms. The Morgan fingerprint density at radius 2 is 1.95 bits per heavy atom. The first-order valence-electron chi connectivity index (χ1n) is 5.61. The zero-order valence-corrected chi connectivity index (χ0v) is 11.2. The number of thiol groups is 1. The first kappa shape index (κ1) is 13.5. The van der Waals surface area contributed by atoms with Gasteiger partial charge in [-0.2, -0.15) is 0 Å². The summed E-state index contributed by atoms with van der Waals surface area (Å²) in [5, 5.41) is 10.6. The van der Waals surface area contributed by atoms with Crippen LogP contribution in [0.2, 0.25) is 0 Å². The summed E-state index contributed by atoms with van der Waals surface area (Å²) in [6.45, 7) is -0.00711. The van der Waals surface area contributed by atoms with Crippen molar-refractivity contribution in [2.24, 2.45) is 0 Å². The Kier molecular flexibility index (Phi) is 4.48. The molecule has 0 saturated heterocycles. The van der Waals surface area contributed by atoms with Gasteiger partial charge in [-0.1, -0.05) is 12.1 Å². The molecule has 0 unspecified atom stereocenters. The van der Waals surface area contributed by atoms with Crippen LogP contribution in [0, 0.1) is 0 Å². The Morgan fingerprint density at radius 1 is 1.21 bits per heavy atom. The van der Waals surface area contributed by atoms with E-state index < -0.39 is 0 Å². The molecule has 0 aliphatic heterocycles. The van der Waals surface area contributed by atoms with Crippen LogP contribution in [0.5, 0.6) is 0 Å². The van der Waals surface area contributed by atoms with E-state index in [1.165, 1.54) is 7.11 Å². The second-order valence-corrected chi connectivity index (χ2v) is 4.35. The monoisotopic (exact) mass is 275 g/mol. The molecule has 0 aliphatic rings. The first-order chi connectivity index (χ1) is 9.19. The molecule has 98 valence electrons. The van der Waals surface area contributed by atoms with E-state index in [4.69, 9.17) is 4.74 Å². The third kappa shape index (κ3) is 3.77. The highest BCUT2D eigenvalue weighted by Gasteiger charge is 2.04. The van der Waals surface area contributed by atoms with E-state index in [0.29, 0.717) is 5.82 Å². The predicted octanol–water partition coefficient (Wildman–Crippen LogP) is 2.02. The highest BCUT2D eigenvalue weighted by molar-refractivity contribution is 7.80.